The summed E-state index contributed by atoms with van der Waals surface area (Å²) in [6.45, 7) is 0.418. The first-order valence-electron chi connectivity index (χ1n) is 8.80. The van der Waals surface area contributed by atoms with Gasteiger partial charge in [0.15, 0.2) is 0 Å². The highest BCUT2D eigenvalue weighted by Gasteiger charge is 2.10. The van der Waals surface area contributed by atoms with Gasteiger partial charge in [0.1, 0.15) is 24.0 Å². The molecule has 0 bridgehead atoms. The third-order valence-corrected chi connectivity index (χ3v) is 5.67. The maximum absolute atomic E-state index is 12.4. The molecule has 3 aromatic rings. The Morgan fingerprint density at radius 1 is 1.13 bits per heavy atom. The lowest BCUT2D eigenvalue weighted by Gasteiger charge is -2.09. The number of amides is 1. The van der Waals surface area contributed by atoms with E-state index in [4.69, 9.17) is 16.3 Å². The van der Waals surface area contributed by atoms with E-state index in [0.29, 0.717) is 17.3 Å². The van der Waals surface area contributed by atoms with E-state index >= 15 is 0 Å². The number of carbonyl (C=O) groups excluding carboxylic acids is 1. The number of hydrogen-bond acceptors (Lipinski definition) is 3. The Hall–Kier alpha value is -2.34. The van der Waals surface area contributed by atoms with Gasteiger partial charge in [0, 0.05) is 15.2 Å². The van der Waals surface area contributed by atoms with Crippen LogP contribution in [0.25, 0.3) is 6.08 Å². The summed E-state index contributed by atoms with van der Waals surface area (Å²) >= 11 is 11.4. The van der Waals surface area contributed by atoms with E-state index in [1.165, 1.54) is 0 Å². The third kappa shape index (κ3) is 6.33. The molecular weight excluding hydrogens is 579 g/mol. The van der Waals surface area contributed by atoms with Gasteiger partial charge in [-0.1, -0.05) is 45.7 Å². The molecule has 30 heavy (non-hydrogen) atoms. The molecule has 1 N–H and O–H groups in total. The average Bonchev–Trinajstić information content (AvgIpc) is 2.74. The zero-order valence-electron chi connectivity index (χ0n) is 15.5. The zero-order valence-corrected chi connectivity index (χ0v) is 20.0. The van der Waals surface area contributed by atoms with Gasteiger partial charge < -0.3 is 10.1 Å². The smallest absolute Gasteiger partial charge is 0.266 e. The van der Waals surface area contributed by atoms with Crippen molar-refractivity contribution in [2.75, 3.05) is 5.32 Å². The van der Waals surface area contributed by atoms with Gasteiger partial charge in [-0.2, -0.15) is 5.26 Å². The van der Waals surface area contributed by atoms with E-state index < -0.39 is 5.91 Å². The topological polar surface area (TPSA) is 62.1 Å². The van der Waals surface area contributed by atoms with Crippen LogP contribution in [0.4, 0.5) is 5.69 Å². The van der Waals surface area contributed by atoms with Crippen LogP contribution in [0.2, 0.25) is 5.02 Å². The molecule has 4 nitrogen and oxygen atoms in total. The lowest BCUT2D eigenvalue weighted by molar-refractivity contribution is -0.112. The van der Waals surface area contributed by atoms with Crippen LogP contribution in [0.3, 0.4) is 0 Å². The molecule has 0 aromatic heterocycles. The summed E-state index contributed by atoms with van der Waals surface area (Å²) in [6.07, 6.45) is 1.55. The molecule has 0 saturated heterocycles. The number of carbonyl (C=O) groups is 1. The van der Waals surface area contributed by atoms with Gasteiger partial charge >= 0.3 is 0 Å². The molecule has 0 unspecified atom stereocenters. The normalized spacial score (nSPS) is 10.9. The largest absolute Gasteiger partial charge is 0.488 e. The van der Waals surface area contributed by atoms with Crippen LogP contribution in [-0.2, 0) is 11.4 Å². The Labute approximate surface area is 201 Å². The molecule has 0 atom stereocenters. The summed E-state index contributed by atoms with van der Waals surface area (Å²) < 4.78 is 7.65. The van der Waals surface area contributed by atoms with Gasteiger partial charge in [-0.25, -0.2) is 0 Å². The molecule has 1 amide bonds. The van der Waals surface area contributed by atoms with Gasteiger partial charge in [-0.3, -0.25) is 4.79 Å². The molecule has 0 radical (unpaired) electrons. The second-order valence-corrected chi connectivity index (χ2v) is 8.75. The van der Waals surface area contributed by atoms with Crippen LogP contribution in [0.15, 0.2) is 76.8 Å². The predicted molar refractivity (Wildman–Crippen MR) is 131 cm³/mol. The molecule has 0 aliphatic rings. The van der Waals surface area contributed by atoms with E-state index in [1.807, 2.05) is 60.7 Å². The van der Waals surface area contributed by atoms with Crippen molar-refractivity contribution in [2.45, 2.75) is 6.61 Å². The second-order valence-electron chi connectivity index (χ2n) is 6.24. The number of hydrogen-bond donors (Lipinski definition) is 1. The van der Waals surface area contributed by atoms with Gasteiger partial charge in [0.25, 0.3) is 5.91 Å². The number of rotatable bonds is 6. The second kappa shape index (κ2) is 10.6. The third-order valence-electron chi connectivity index (χ3n) is 4.04. The van der Waals surface area contributed by atoms with E-state index in [1.54, 1.807) is 18.2 Å². The summed E-state index contributed by atoms with van der Waals surface area (Å²) in [5, 5.41) is 12.8. The fraction of sp³-hybridized carbons (Fsp3) is 0.0435. The quantitative estimate of drug-likeness (QED) is 0.194. The van der Waals surface area contributed by atoms with Crippen molar-refractivity contribution < 1.29 is 9.53 Å². The fourth-order valence-electron chi connectivity index (χ4n) is 2.51. The molecule has 0 aliphatic heterocycles. The minimum absolute atomic E-state index is 0.0172. The lowest BCUT2D eigenvalue weighted by Crippen LogP contribution is -2.13. The van der Waals surface area contributed by atoms with Gasteiger partial charge in [0.2, 0.25) is 0 Å². The van der Waals surface area contributed by atoms with E-state index in [0.717, 1.165) is 24.9 Å². The monoisotopic (exact) mass is 592 g/mol. The van der Waals surface area contributed by atoms with E-state index in [2.05, 4.69) is 43.8 Å². The predicted octanol–water partition coefficient (Wildman–Crippen LogP) is 6.83. The number of nitriles is 1. The first-order chi connectivity index (χ1) is 14.4. The Morgan fingerprint density at radius 3 is 2.47 bits per heavy atom. The van der Waals surface area contributed by atoms with Crippen molar-refractivity contribution >= 4 is 67.8 Å². The highest BCUT2D eigenvalue weighted by Crippen LogP contribution is 2.25. The molecule has 7 heteroatoms. The molecule has 0 aliphatic carbocycles. The van der Waals surface area contributed by atoms with Gasteiger partial charge in [0.05, 0.1) is 3.57 Å². The number of nitrogens with zero attached hydrogens (tertiary/aromatic N) is 1. The minimum atomic E-state index is -0.460. The summed E-state index contributed by atoms with van der Waals surface area (Å²) in [6, 6.07) is 22.1. The zero-order chi connectivity index (χ0) is 21.5. The van der Waals surface area contributed by atoms with Crippen molar-refractivity contribution in [1.29, 1.82) is 5.26 Å². The van der Waals surface area contributed by atoms with Gasteiger partial charge in [-0.05, 0) is 88.3 Å². The summed E-state index contributed by atoms with van der Waals surface area (Å²) in [4.78, 5) is 12.4. The molecule has 3 aromatic carbocycles. The molecule has 150 valence electrons. The molecule has 0 saturated carbocycles. The van der Waals surface area contributed by atoms with Crippen molar-refractivity contribution in [3.8, 4) is 11.8 Å². The first kappa shape index (κ1) is 22.3. The molecule has 0 fully saturated rings. The highest BCUT2D eigenvalue weighted by molar-refractivity contribution is 14.1. The van der Waals surface area contributed by atoms with Gasteiger partial charge in [-0.15, -0.1) is 0 Å². The van der Waals surface area contributed by atoms with Crippen LogP contribution in [-0.4, -0.2) is 5.91 Å². The Bertz CT molecular complexity index is 1120. The summed E-state index contributed by atoms with van der Waals surface area (Å²) in [7, 11) is 0. The average molecular weight is 594 g/mol. The Kier molecular flexibility index (Phi) is 7.91. The van der Waals surface area contributed by atoms with E-state index in [9.17, 15) is 10.1 Å². The Balaban J connectivity index is 1.69. The lowest BCUT2D eigenvalue weighted by atomic mass is 10.1. The SMILES string of the molecule is N#C/C(=C/c1ccc(OCc2ccc(Cl)cc2)c(I)c1)C(=O)Nc1ccc(Br)cc1. The molecule has 3 rings (SSSR count). The fourth-order valence-corrected chi connectivity index (χ4v) is 3.60. The molecule has 0 spiro atoms. The first-order valence-corrected chi connectivity index (χ1v) is 11.0. The number of anilines is 1. The highest BCUT2D eigenvalue weighted by atomic mass is 127. The van der Waals surface area contributed by atoms with Crippen molar-refractivity contribution in [1.82, 2.24) is 0 Å². The summed E-state index contributed by atoms with van der Waals surface area (Å²) in [5.41, 5.74) is 2.38. The minimum Gasteiger partial charge on any atom is -0.488 e. The van der Waals surface area contributed by atoms with Crippen molar-refractivity contribution in [2.24, 2.45) is 0 Å². The number of halogens is 3. The van der Waals surface area contributed by atoms with E-state index in [-0.39, 0.29) is 5.57 Å². The van der Waals surface area contributed by atoms with Crippen LogP contribution in [0, 0.1) is 14.9 Å². The molecule has 0 heterocycles. The van der Waals surface area contributed by atoms with Crippen molar-refractivity contribution in [3.63, 3.8) is 0 Å². The van der Waals surface area contributed by atoms with Crippen LogP contribution >= 0.6 is 50.1 Å². The number of ether oxygens (including phenoxy) is 1. The summed E-state index contributed by atoms with van der Waals surface area (Å²) in [5.74, 6) is 0.262. The van der Waals surface area contributed by atoms with Crippen LogP contribution in [0.1, 0.15) is 11.1 Å². The van der Waals surface area contributed by atoms with Crippen LogP contribution in [0.5, 0.6) is 5.75 Å². The maximum atomic E-state index is 12.4. The standard InChI is InChI=1S/C23H15BrClIN2O2/c24-18-4-8-20(9-5-18)28-23(29)17(13-27)11-16-3-10-22(21(26)12-16)30-14-15-1-6-19(25)7-2-15/h1-12H,14H2,(H,28,29)/b17-11-. The number of benzene rings is 3. The maximum Gasteiger partial charge on any atom is 0.266 e. The van der Waals surface area contributed by atoms with Crippen LogP contribution < -0.4 is 10.1 Å². The molecular formula is C23H15BrClIN2O2. The van der Waals surface area contributed by atoms with Crippen molar-refractivity contribution in [3.05, 3.63) is 96.5 Å². The Morgan fingerprint density at radius 2 is 1.83 bits per heavy atom. The number of nitrogens with one attached hydrogen (secondary N) is 1.